The van der Waals surface area contributed by atoms with Gasteiger partial charge in [0.05, 0.1) is 0 Å². The molecule has 0 amide bonds. The van der Waals surface area contributed by atoms with Gasteiger partial charge >= 0.3 is 0 Å². The van der Waals surface area contributed by atoms with Crippen molar-refractivity contribution < 1.29 is 9.59 Å². The molecule has 0 unspecified atom stereocenters. The number of rotatable bonds is 6. The smallest absolute Gasteiger partial charge is 0.160 e. The fourth-order valence-corrected chi connectivity index (χ4v) is 4.09. The standard InChI is InChI=1S/C30H24O2/c1-21(31)25-17-9-11-19-27(25)29(23-13-5-3-6-14-23)30(24-15-7-4-8-16-24)28-20-12-10-18-26(28)22(2)32/h3-20H,1-2H3. The molecule has 0 radical (unpaired) electrons. The summed E-state index contributed by atoms with van der Waals surface area (Å²) in [5.74, 6) is 0.00240. The Morgan fingerprint density at radius 2 is 0.688 bits per heavy atom. The van der Waals surface area contributed by atoms with Crippen LogP contribution in [-0.4, -0.2) is 11.6 Å². The van der Waals surface area contributed by atoms with Crippen molar-refractivity contribution in [3.05, 3.63) is 143 Å². The van der Waals surface area contributed by atoms with E-state index < -0.39 is 0 Å². The highest BCUT2D eigenvalue weighted by atomic mass is 16.1. The van der Waals surface area contributed by atoms with Crippen LogP contribution in [0, 0.1) is 0 Å². The van der Waals surface area contributed by atoms with Crippen LogP contribution in [-0.2, 0) is 0 Å². The molecule has 0 atom stereocenters. The summed E-state index contributed by atoms with van der Waals surface area (Å²) in [5, 5.41) is 0. The number of carbonyl (C=O) groups is 2. The van der Waals surface area contributed by atoms with E-state index in [0.29, 0.717) is 11.1 Å². The minimum absolute atomic E-state index is 0.00120. The van der Waals surface area contributed by atoms with Gasteiger partial charge in [0.25, 0.3) is 0 Å². The topological polar surface area (TPSA) is 34.1 Å². The summed E-state index contributed by atoms with van der Waals surface area (Å²) in [6.07, 6.45) is 0. The number of Topliss-reactive ketones (excluding diaryl/α,β-unsaturated/α-hetero) is 2. The van der Waals surface area contributed by atoms with E-state index in [4.69, 9.17) is 0 Å². The SMILES string of the molecule is CC(=O)c1ccccc1C(=C(c1ccccc1)c1ccccc1C(C)=O)c1ccccc1. The Morgan fingerprint density at radius 1 is 0.406 bits per heavy atom. The summed E-state index contributed by atoms with van der Waals surface area (Å²) in [6.45, 7) is 3.18. The summed E-state index contributed by atoms with van der Waals surface area (Å²) >= 11 is 0. The molecule has 0 N–H and O–H groups in total. The minimum Gasteiger partial charge on any atom is -0.294 e. The number of carbonyl (C=O) groups excluding carboxylic acids is 2. The summed E-state index contributed by atoms with van der Waals surface area (Å²) in [7, 11) is 0. The third-order valence-corrected chi connectivity index (χ3v) is 5.53. The van der Waals surface area contributed by atoms with Crippen LogP contribution in [0.5, 0.6) is 0 Å². The van der Waals surface area contributed by atoms with Gasteiger partial charge in [0.15, 0.2) is 11.6 Å². The summed E-state index contributed by atoms with van der Waals surface area (Å²) in [5.41, 5.74) is 6.83. The maximum Gasteiger partial charge on any atom is 0.160 e. The Morgan fingerprint density at radius 3 is 1.00 bits per heavy atom. The van der Waals surface area contributed by atoms with Crippen LogP contribution in [0.1, 0.15) is 56.8 Å². The van der Waals surface area contributed by atoms with Gasteiger partial charge in [-0.05, 0) is 47.2 Å². The van der Waals surface area contributed by atoms with E-state index in [1.54, 1.807) is 13.8 Å². The van der Waals surface area contributed by atoms with Gasteiger partial charge in [-0.2, -0.15) is 0 Å². The van der Waals surface area contributed by atoms with Crippen LogP contribution in [0.2, 0.25) is 0 Å². The molecule has 0 aromatic heterocycles. The fourth-order valence-electron chi connectivity index (χ4n) is 4.09. The van der Waals surface area contributed by atoms with Crippen molar-refractivity contribution in [2.45, 2.75) is 13.8 Å². The lowest BCUT2D eigenvalue weighted by molar-refractivity contribution is 0.100. The Bertz CT molecular complexity index is 1200. The Hall–Kier alpha value is -4.04. The normalized spacial score (nSPS) is 11.6. The molecule has 0 aliphatic rings. The number of benzene rings is 4. The largest absolute Gasteiger partial charge is 0.294 e. The van der Waals surface area contributed by atoms with Crippen LogP contribution in [0.3, 0.4) is 0 Å². The number of hydrogen-bond acceptors (Lipinski definition) is 2. The second-order valence-electron chi connectivity index (χ2n) is 7.69. The van der Waals surface area contributed by atoms with Crippen molar-refractivity contribution in [1.29, 1.82) is 0 Å². The van der Waals surface area contributed by atoms with E-state index in [1.165, 1.54) is 0 Å². The zero-order chi connectivity index (χ0) is 22.5. The maximum atomic E-state index is 12.6. The lowest BCUT2D eigenvalue weighted by Crippen LogP contribution is -2.06. The van der Waals surface area contributed by atoms with Gasteiger partial charge in [0, 0.05) is 11.1 Å². The molecule has 32 heavy (non-hydrogen) atoms. The molecule has 4 rings (SSSR count). The van der Waals surface area contributed by atoms with Crippen LogP contribution >= 0.6 is 0 Å². The van der Waals surface area contributed by atoms with E-state index in [2.05, 4.69) is 0 Å². The van der Waals surface area contributed by atoms with Gasteiger partial charge < -0.3 is 0 Å². The summed E-state index contributed by atoms with van der Waals surface area (Å²) < 4.78 is 0. The Balaban J connectivity index is 2.22. The average molecular weight is 417 g/mol. The van der Waals surface area contributed by atoms with Crippen LogP contribution < -0.4 is 0 Å². The van der Waals surface area contributed by atoms with Crippen LogP contribution in [0.15, 0.2) is 109 Å². The molecule has 0 spiro atoms. The van der Waals surface area contributed by atoms with E-state index in [1.807, 2.05) is 109 Å². The molecule has 2 heteroatoms. The molecule has 0 fully saturated rings. The zero-order valence-corrected chi connectivity index (χ0v) is 18.2. The predicted octanol–water partition coefficient (Wildman–Crippen LogP) is 7.10. The molecule has 2 nitrogen and oxygen atoms in total. The average Bonchev–Trinajstić information content (AvgIpc) is 2.83. The highest BCUT2D eigenvalue weighted by Crippen LogP contribution is 2.39. The first-order chi connectivity index (χ1) is 15.6. The lowest BCUT2D eigenvalue weighted by Gasteiger charge is -2.21. The molecule has 0 aliphatic carbocycles. The zero-order valence-electron chi connectivity index (χ0n) is 18.2. The number of ketones is 2. The third-order valence-electron chi connectivity index (χ3n) is 5.53. The molecule has 0 bridgehead atoms. The third kappa shape index (κ3) is 4.21. The van der Waals surface area contributed by atoms with Crippen molar-refractivity contribution in [3.63, 3.8) is 0 Å². The van der Waals surface area contributed by atoms with Gasteiger partial charge in [-0.25, -0.2) is 0 Å². The van der Waals surface area contributed by atoms with Gasteiger partial charge in [-0.1, -0.05) is 109 Å². The van der Waals surface area contributed by atoms with Crippen molar-refractivity contribution in [1.82, 2.24) is 0 Å². The first-order valence-electron chi connectivity index (χ1n) is 10.6. The Labute approximate surface area is 188 Å². The van der Waals surface area contributed by atoms with Gasteiger partial charge in [0.2, 0.25) is 0 Å². The van der Waals surface area contributed by atoms with Gasteiger partial charge in [-0.3, -0.25) is 9.59 Å². The van der Waals surface area contributed by atoms with Crippen molar-refractivity contribution >= 4 is 22.7 Å². The summed E-state index contributed by atoms with van der Waals surface area (Å²) in [6, 6.07) is 35.5. The Kier molecular flexibility index (Phi) is 6.23. The van der Waals surface area contributed by atoms with Crippen LogP contribution in [0.25, 0.3) is 11.1 Å². The van der Waals surface area contributed by atoms with E-state index in [9.17, 15) is 9.59 Å². The lowest BCUT2D eigenvalue weighted by atomic mass is 9.82. The second kappa shape index (κ2) is 9.40. The van der Waals surface area contributed by atoms with Crippen molar-refractivity contribution in [2.24, 2.45) is 0 Å². The maximum absolute atomic E-state index is 12.6. The molecular weight excluding hydrogens is 392 g/mol. The van der Waals surface area contributed by atoms with Gasteiger partial charge in [0.1, 0.15) is 0 Å². The van der Waals surface area contributed by atoms with Gasteiger partial charge in [-0.15, -0.1) is 0 Å². The number of hydrogen-bond donors (Lipinski definition) is 0. The fraction of sp³-hybridized carbons (Fsp3) is 0.0667. The molecule has 4 aromatic carbocycles. The molecule has 0 saturated carbocycles. The quantitative estimate of drug-likeness (QED) is 0.248. The minimum atomic E-state index is 0.00120. The van der Waals surface area contributed by atoms with E-state index >= 15 is 0 Å². The predicted molar refractivity (Wildman–Crippen MR) is 131 cm³/mol. The van der Waals surface area contributed by atoms with E-state index in [-0.39, 0.29) is 11.6 Å². The van der Waals surface area contributed by atoms with Crippen molar-refractivity contribution in [2.75, 3.05) is 0 Å². The second-order valence-corrected chi connectivity index (χ2v) is 7.69. The first kappa shape index (κ1) is 21.2. The van der Waals surface area contributed by atoms with Crippen LogP contribution in [0.4, 0.5) is 0 Å². The molecule has 4 aromatic rings. The summed E-state index contributed by atoms with van der Waals surface area (Å²) in [4.78, 5) is 25.2. The monoisotopic (exact) mass is 416 g/mol. The molecular formula is C30H24O2. The highest BCUT2D eigenvalue weighted by Gasteiger charge is 2.22. The molecule has 0 heterocycles. The highest BCUT2D eigenvalue weighted by molar-refractivity contribution is 6.12. The molecule has 156 valence electrons. The van der Waals surface area contributed by atoms with Crippen molar-refractivity contribution in [3.8, 4) is 0 Å². The first-order valence-corrected chi connectivity index (χ1v) is 10.6. The van der Waals surface area contributed by atoms with E-state index in [0.717, 1.165) is 33.4 Å². The molecule has 0 aliphatic heterocycles. The molecule has 0 saturated heterocycles.